The van der Waals surface area contributed by atoms with E-state index in [0.29, 0.717) is 17.9 Å². The zero-order valence-electron chi connectivity index (χ0n) is 11.7. The molecule has 0 radical (unpaired) electrons. The molecular formula is C15H21F3O. The van der Waals surface area contributed by atoms with Crippen LogP contribution in [0.1, 0.15) is 46.5 Å². The lowest BCUT2D eigenvalue weighted by molar-refractivity contribution is -0.306. The summed E-state index contributed by atoms with van der Waals surface area (Å²) in [6.07, 6.45) is 3.73. The monoisotopic (exact) mass is 274 g/mol. The highest BCUT2D eigenvalue weighted by Crippen LogP contribution is 2.28. The lowest BCUT2D eigenvalue weighted by Crippen LogP contribution is -2.13. The van der Waals surface area contributed by atoms with E-state index in [2.05, 4.69) is 18.6 Å². The van der Waals surface area contributed by atoms with Crippen LogP contribution in [0.25, 0.3) is 0 Å². The molecule has 0 N–H and O–H groups in total. The minimum Gasteiger partial charge on any atom is -0.410 e. The molecular weight excluding hydrogens is 253 g/mol. The predicted octanol–water partition coefficient (Wildman–Crippen LogP) is 5.51. The van der Waals surface area contributed by atoms with Crippen molar-refractivity contribution < 1.29 is 17.9 Å². The maximum atomic E-state index is 12.3. The number of hydrogen-bond acceptors (Lipinski definition) is 1. The number of ether oxygens (including phenoxy) is 1. The summed E-state index contributed by atoms with van der Waals surface area (Å²) in [5.74, 6) is 0.575. The molecule has 1 aliphatic carbocycles. The van der Waals surface area contributed by atoms with Gasteiger partial charge in [0.1, 0.15) is 5.76 Å². The van der Waals surface area contributed by atoms with Crippen molar-refractivity contribution in [2.45, 2.75) is 52.8 Å². The Morgan fingerprint density at radius 2 is 2.00 bits per heavy atom. The van der Waals surface area contributed by atoms with Gasteiger partial charge >= 0.3 is 6.36 Å². The molecule has 0 aromatic rings. The Bertz CT molecular complexity index is 387. The Kier molecular flexibility index (Phi) is 5.70. The molecule has 0 saturated carbocycles. The van der Waals surface area contributed by atoms with E-state index < -0.39 is 6.36 Å². The lowest BCUT2D eigenvalue weighted by atomic mass is 9.99. The SMILES string of the molecule is C/C1=C(\OC(F)(F)F)CC/C=C(/CC(C)C)CC=C1. The van der Waals surface area contributed by atoms with Crippen LogP contribution in [-0.4, -0.2) is 6.36 Å². The second kappa shape index (κ2) is 6.83. The maximum absolute atomic E-state index is 12.3. The predicted molar refractivity (Wildman–Crippen MR) is 70.4 cm³/mol. The fourth-order valence-corrected chi connectivity index (χ4v) is 2.13. The van der Waals surface area contributed by atoms with Gasteiger partial charge in [0.05, 0.1) is 0 Å². The summed E-state index contributed by atoms with van der Waals surface area (Å²) >= 11 is 0. The van der Waals surface area contributed by atoms with E-state index in [1.54, 1.807) is 13.0 Å². The van der Waals surface area contributed by atoms with Gasteiger partial charge in [0.2, 0.25) is 0 Å². The van der Waals surface area contributed by atoms with Gasteiger partial charge in [-0.2, -0.15) is 0 Å². The van der Waals surface area contributed by atoms with E-state index in [1.807, 2.05) is 12.2 Å². The van der Waals surface area contributed by atoms with Crippen molar-refractivity contribution in [3.8, 4) is 0 Å². The van der Waals surface area contributed by atoms with Crippen molar-refractivity contribution >= 4 is 0 Å². The van der Waals surface area contributed by atoms with Crippen LogP contribution in [0, 0.1) is 5.92 Å². The fourth-order valence-electron chi connectivity index (χ4n) is 2.13. The van der Waals surface area contributed by atoms with Gasteiger partial charge in [-0.25, -0.2) is 0 Å². The highest BCUT2D eigenvalue weighted by atomic mass is 19.4. The van der Waals surface area contributed by atoms with Crippen LogP contribution in [0.5, 0.6) is 0 Å². The quantitative estimate of drug-likeness (QED) is 0.617. The average Bonchev–Trinajstić information content (AvgIpc) is 2.30. The van der Waals surface area contributed by atoms with Crippen LogP contribution >= 0.6 is 0 Å². The molecule has 0 bridgehead atoms. The second-order valence-corrected chi connectivity index (χ2v) is 5.26. The highest BCUT2D eigenvalue weighted by molar-refractivity contribution is 5.24. The molecule has 19 heavy (non-hydrogen) atoms. The first-order valence-electron chi connectivity index (χ1n) is 6.58. The number of allylic oxidation sites excluding steroid dienone is 6. The van der Waals surface area contributed by atoms with E-state index in [-0.39, 0.29) is 12.2 Å². The van der Waals surface area contributed by atoms with Crippen LogP contribution in [0.2, 0.25) is 0 Å². The van der Waals surface area contributed by atoms with Crippen LogP contribution in [0.15, 0.2) is 35.1 Å². The van der Waals surface area contributed by atoms with E-state index >= 15 is 0 Å². The molecule has 0 fully saturated rings. The summed E-state index contributed by atoms with van der Waals surface area (Å²) in [7, 11) is 0. The normalized spacial score (nSPS) is 24.5. The van der Waals surface area contributed by atoms with E-state index in [9.17, 15) is 13.2 Å². The number of hydrogen-bond donors (Lipinski definition) is 0. The van der Waals surface area contributed by atoms with Crippen molar-refractivity contribution in [1.29, 1.82) is 0 Å². The first-order chi connectivity index (χ1) is 8.78. The fraction of sp³-hybridized carbons (Fsp3) is 0.600. The molecule has 0 aliphatic heterocycles. The Morgan fingerprint density at radius 1 is 1.32 bits per heavy atom. The van der Waals surface area contributed by atoms with Gasteiger partial charge in [-0.05, 0) is 37.7 Å². The maximum Gasteiger partial charge on any atom is 0.572 e. The summed E-state index contributed by atoms with van der Waals surface area (Å²) in [6, 6.07) is 0. The zero-order chi connectivity index (χ0) is 14.5. The molecule has 1 aliphatic rings. The standard InChI is InChI=1S/C15H21F3O/c1-11(2)10-13-7-4-6-12(3)14(9-5-8-13)19-15(16,17)18/h4,6,8,11H,5,7,9-10H2,1-3H3/b6-4?,13-8+,14-12+. The van der Waals surface area contributed by atoms with Crippen LogP contribution in [0.3, 0.4) is 0 Å². The smallest absolute Gasteiger partial charge is 0.410 e. The summed E-state index contributed by atoms with van der Waals surface area (Å²) in [4.78, 5) is 0. The van der Waals surface area contributed by atoms with Crippen molar-refractivity contribution in [2.75, 3.05) is 0 Å². The molecule has 0 unspecified atom stereocenters. The molecule has 108 valence electrons. The Hall–Kier alpha value is -1.19. The molecule has 0 heterocycles. The lowest BCUT2D eigenvalue weighted by Gasteiger charge is -2.13. The molecule has 0 saturated heterocycles. The van der Waals surface area contributed by atoms with Crippen molar-refractivity contribution in [1.82, 2.24) is 0 Å². The van der Waals surface area contributed by atoms with Crippen LogP contribution in [0.4, 0.5) is 13.2 Å². The number of alkyl halides is 3. The van der Waals surface area contributed by atoms with Gasteiger partial charge in [0.25, 0.3) is 0 Å². The van der Waals surface area contributed by atoms with Gasteiger partial charge in [-0.3, -0.25) is 0 Å². The molecule has 0 aromatic heterocycles. The van der Waals surface area contributed by atoms with Gasteiger partial charge in [0.15, 0.2) is 0 Å². The van der Waals surface area contributed by atoms with Crippen LogP contribution < -0.4 is 0 Å². The van der Waals surface area contributed by atoms with Gasteiger partial charge in [0, 0.05) is 6.42 Å². The average molecular weight is 274 g/mol. The van der Waals surface area contributed by atoms with Crippen molar-refractivity contribution in [2.24, 2.45) is 5.92 Å². The molecule has 0 amide bonds. The van der Waals surface area contributed by atoms with E-state index in [1.165, 1.54) is 5.57 Å². The van der Waals surface area contributed by atoms with Crippen molar-refractivity contribution in [3.05, 3.63) is 35.1 Å². The molecule has 1 nitrogen and oxygen atoms in total. The molecule has 1 rings (SSSR count). The summed E-state index contributed by atoms with van der Waals surface area (Å²) in [5, 5.41) is 0. The number of rotatable bonds is 3. The third-order valence-corrected chi connectivity index (χ3v) is 2.90. The first kappa shape index (κ1) is 15.9. The molecule has 4 heteroatoms. The minimum atomic E-state index is -4.61. The third kappa shape index (κ3) is 6.50. The molecule has 0 atom stereocenters. The molecule has 0 aromatic carbocycles. The Morgan fingerprint density at radius 3 is 2.58 bits per heavy atom. The molecule has 0 spiro atoms. The first-order valence-corrected chi connectivity index (χ1v) is 6.58. The Labute approximate surface area is 112 Å². The summed E-state index contributed by atoms with van der Waals surface area (Å²) in [5.41, 5.74) is 1.84. The Balaban J connectivity index is 2.78. The van der Waals surface area contributed by atoms with Gasteiger partial charge in [-0.1, -0.05) is 37.6 Å². The second-order valence-electron chi connectivity index (χ2n) is 5.26. The third-order valence-electron chi connectivity index (χ3n) is 2.90. The summed E-state index contributed by atoms with van der Waals surface area (Å²) in [6.45, 7) is 5.93. The van der Waals surface area contributed by atoms with E-state index in [4.69, 9.17) is 0 Å². The minimum absolute atomic E-state index is 0.0193. The number of halogens is 3. The van der Waals surface area contributed by atoms with E-state index in [0.717, 1.165) is 12.8 Å². The topological polar surface area (TPSA) is 9.23 Å². The van der Waals surface area contributed by atoms with Gasteiger partial charge in [-0.15, -0.1) is 13.2 Å². The van der Waals surface area contributed by atoms with Gasteiger partial charge < -0.3 is 4.74 Å². The zero-order valence-corrected chi connectivity index (χ0v) is 11.7. The summed E-state index contributed by atoms with van der Waals surface area (Å²) < 4.78 is 41.0. The van der Waals surface area contributed by atoms with Crippen molar-refractivity contribution in [3.63, 3.8) is 0 Å². The highest BCUT2D eigenvalue weighted by Gasteiger charge is 2.32. The van der Waals surface area contributed by atoms with Crippen LogP contribution in [-0.2, 0) is 4.74 Å². The largest absolute Gasteiger partial charge is 0.572 e.